The average molecular weight is 332 g/mol. The molecule has 0 saturated heterocycles. The largest absolute Gasteiger partial charge is 0.484 e. The molecule has 21 heavy (non-hydrogen) atoms. The summed E-state index contributed by atoms with van der Waals surface area (Å²) in [7, 11) is -3.79. The molecule has 0 amide bonds. The molecular weight excluding hydrogens is 318 g/mol. The minimum absolute atomic E-state index is 0.0711. The highest BCUT2D eigenvalue weighted by Crippen LogP contribution is 2.27. The Kier molecular flexibility index (Phi) is 4.81. The number of rotatable bonds is 6. The van der Waals surface area contributed by atoms with E-state index < -0.39 is 10.0 Å². The Morgan fingerprint density at radius 3 is 2.81 bits per heavy atom. The highest BCUT2D eigenvalue weighted by Gasteiger charge is 2.12. The van der Waals surface area contributed by atoms with Crippen molar-refractivity contribution in [2.75, 3.05) is 0 Å². The van der Waals surface area contributed by atoms with E-state index in [2.05, 4.69) is 10.1 Å². The lowest BCUT2D eigenvalue weighted by molar-refractivity contribution is 0.285. The van der Waals surface area contributed by atoms with Crippen molar-refractivity contribution in [2.45, 2.75) is 31.3 Å². The molecule has 2 aromatic rings. The first-order valence-corrected chi connectivity index (χ1v) is 8.09. The van der Waals surface area contributed by atoms with Crippen molar-refractivity contribution in [3.63, 3.8) is 0 Å². The van der Waals surface area contributed by atoms with Crippen LogP contribution in [0.3, 0.4) is 0 Å². The van der Waals surface area contributed by atoms with E-state index in [0.29, 0.717) is 23.9 Å². The molecule has 1 aromatic carbocycles. The first-order chi connectivity index (χ1) is 9.90. The highest BCUT2D eigenvalue weighted by atomic mass is 35.5. The molecule has 0 bridgehead atoms. The number of aromatic nitrogens is 2. The third-order valence-corrected chi connectivity index (χ3v) is 3.77. The Hall–Kier alpha value is -1.64. The normalized spacial score (nSPS) is 11.6. The SMILES string of the molecule is CCCc1nc(COc2ccc(S(N)(=O)=O)cc2Cl)no1. The number of aryl methyl sites for hydroxylation is 1. The van der Waals surface area contributed by atoms with E-state index in [1.165, 1.54) is 18.2 Å². The molecule has 2 rings (SSSR count). The molecule has 0 radical (unpaired) electrons. The first-order valence-electron chi connectivity index (χ1n) is 6.16. The van der Waals surface area contributed by atoms with Gasteiger partial charge in [0.25, 0.3) is 0 Å². The summed E-state index contributed by atoms with van der Waals surface area (Å²) in [4.78, 5) is 4.06. The molecule has 0 unspecified atom stereocenters. The van der Waals surface area contributed by atoms with E-state index >= 15 is 0 Å². The van der Waals surface area contributed by atoms with E-state index in [-0.39, 0.29) is 16.5 Å². The van der Waals surface area contributed by atoms with Gasteiger partial charge in [-0.25, -0.2) is 13.6 Å². The van der Waals surface area contributed by atoms with Crippen molar-refractivity contribution in [3.05, 3.63) is 34.9 Å². The van der Waals surface area contributed by atoms with E-state index in [0.717, 1.165) is 6.42 Å². The van der Waals surface area contributed by atoms with Crippen molar-refractivity contribution < 1.29 is 17.7 Å². The Balaban J connectivity index is 2.06. The quantitative estimate of drug-likeness (QED) is 0.866. The Morgan fingerprint density at radius 1 is 1.43 bits per heavy atom. The number of primary sulfonamides is 1. The molecule has 0 atom stereocenters. The smallest absolute Gasteiger partial charge is 0.238 e. The fourth-order valence-electron chi connectivity index (χ4n) is 1.58. The minimum atomic E-state index is -3.79. The minimum Gasteiger partial charge on any atom is -0.484 e. The van der Waals surface area contributed by atoms with Gasteiger partial charge >= 0.3 is 0 Å². The molecule has 0 aliphatic heterocycles. The van der Waals surface area contributed by atoms with Crippen molar-refractivity contribution in [1.82, 2.24) is 10.1 Å². The molecule has 114 valence electrons. The summed E-state index contributed by atoms with van der Waals surface area (Å²) >= 11 is 5.95. The molecule has 0 spiro atoms. The van der Waals surface area contributed by atoms with Crippen LogP contribution in [0.25, 0.3) is 0 Å². The number of hydrogen-bond acceptors (Lipinski definition) is 6. The van der Waals surface area contributed by atoms with Crippen LogP contribution < -0.4 is 9.88 Å². The molecule has 0 aliphatic carbocycles. The van der Waals surface area contributed by atoms with Crippen LogP contribution in [-0.2, 0) is 23.1 Å². The van der Waals surface area contributed by atoms with Crippen LogP contribution >= 0.6 is 11.6 Å². The number of halogens is 1. The summed E-state index contributed by atoms with van der Waals surface area (Å²) in [6.45, 7) is 2.08. The molecule has 2 N–H and O–H groups in total. The van der Waals surface area contributed by atoms with E-state index in [1.54, 1.807) is 0 Å². The second kappa shape index (κ2) is 6.42. The van der Waals surface area contributed by atoms with Crippen LogP contribution in [0, 0.1) is 0 Å². The van der Waals surface area contributed by atoms with Crippen molar-refractivity contribution >= 4 is 21.6 Å². The van der Waals surface area contributed by atoms with Gasteiger partial charge in [0.15, 0.2) is 6.61 Å². The van der Waals surface area contributed by atoms with Gasteiger partial charge < -0.3 is 9.26 Å². The van der Waals surface area contributed by atoms with Crippen LogP contribution in [0.2, 0.25) is 5.02 Å². The van der Waals surface area contributed by atoms with E-state index in [9.17, 15) is 8.42 Å². The maximum Gasteiger partial charge on any atom is 0.238 e. The number of nitrogens with zero attached hydrogens (tertiary/aromatic N) is 2. The fraction of sp³-hybridized carbons (Fsp3) is 0.333. The fourth-order valence-corrected chi connectivity index (χ4v) is 2.42. The molecule has 0 saturated carbocycles. The summed E-state index contributed by atoms with van der Waals surface area (Å²) in [6, 6.07) is 3.97. The molecule has 0 aliphatic rings. The average Bonchev–Trinajstić information content (AvgIpc) is 2.84. The second-order valence-electron chi connectivity index (χ2n) is 4.28. The molecule has 7 nitrogen and oxygen atoms in total. The van der Waals surface area contributed by atoms with Gasteiger partial charge in [0.1, 0.15) is 5.75 Å². The van der Waals surface area contributed by atoms with Crippen LogP contribution in [0.1, 0.15) is 25.1 Å². The summed E-state index contributed by atoms with van der Waals surface area (Å²) in [6.07, 6.45) is 1.61. The number of benzene rings is 1. The predicted molar refractivity (Wildman–Crippen MR) is 75.5 cm³/mol. The van der Waals surface area contributed by atoms with Gasteiger partial charge in [0.05, 0.1) is 9.92 Å². The molecular formula is C12H14ClN3O4S. The molecule has 0 fully saturated rings. The van der Waals surface area contributed by atoms with Gasteiger partial charge in [-0.2, -0.15) is 4.98 Å². The van der Waals surface area contributed by atoms with Crippen LogP contribution in [0.4, 0.5) is 0 Å². The molecule has 9 heteroatoms. The van der Waals surface area contributed by atoms with Gasteiger partial charge in [-0.1, -0.05) is 23.7 Å². The molecule has 1 heterocycles. The lowest BCUT2D eigenvalue weighted by Crippen LogP contribution is -2.12. The number of sulfonamides is 1. The molecule has 1 aromatic heterocycles. The van der Waals surface area contributed by atoms with E-state index in [1.807, 2.05) is 6.92 Å². The van der Waals surface area contributed by atoms with Crippen LogP contribution in [0.15, 0.2) is 27.6 Å². The van der Waals surface area contributed by atoms with E-state index in [4.69, 9.17) is 26.0 Å². The van der Waals surface area contributed by atoms with Gasteiger partial charge in [-0.15, -0.1) is 0 Å². The van der Waals surface area contributed by atoms with Gasteiger partial charge in [-0.05, 0) is 24.6 Å². The van der Waals surface area contributed by atoms with Gasteiger partial charge in [0.2, 0.25) is 21.7 Å². The maximum atomic E-state index is 11.2. The van der Waals surface area contributed by atoms with Crippen LogP contribution in [-0.4, -0.2) is 18.6 Å². The highest BCUT2D eigenvalue weighted by molar-refractivity contribution is 7.89. The monoisotopic (exact) mass is 331 g/mol. The predicted octanol–water partition coefficient (Wildman–Crippen LogP) is 1.90. The number of ether oxygens (including phenoxy) is 1. The van der Waals surface area contributed by atoms with Crippen molar-refractivity contribution in [3.8, 4) is 5.75 Å². The zero-order valence-corrected chi connectivity index (χ0v) is 12.8. The first kappa shape index (κ1) is 15.7. The second-order valence-corrected chi connectivity index (χ2v) is 6.25. The zero-order valence-electron chi connectivity index (χ0n) is 11.2. The topological polar surface area (TPSA) is 108 Å². The van der Waals surface area contributed by atoms with Gasteiger partial charge in [-0.3, -0.25) is 0 Å². The maximum absolute atomic E-state index is 11.2. The lowest BCUT2D eigenvalue weighted by atomic mass is 10.3. The third kappa shape index (κ3) is 4.16. The Labute approximate surface area is 127 Å². The summed E-state index contributed by atoms with van der Waals surface area (Å²) in [5.74, 6) is 1.25. The third-order valence-electron chi connectivity index (χ3n) is 2.56. The lowest BCUT2D eigenvalue weighted by Gasteiger charge is -2.06. The van der Waals surface area contributed by atoms with Crippen molar-refractivity contribution in [2.24, 2.45) is 5.14 Å². The summed E-state index contributed by atoms with van der Waals surface area (Å²) in [5, 5.41) is 8.92. The summed E-state index contributed by atoms with van der Waals surface area (Å²) in [5.41, 5.74) is 0. The Morgan fingerprint density at radius 2 is 2.19 bits per heavy atom. The number of hydrogen-bond donors (Lipinski definition) is 1. The van der Waals surface area contributed by atoms with Crippen molar-refractivity contribution in [1.29, 1.82) is 0 Å². The number of nitrogens with two attached hydrogens (primary N) is 1. The standard InChI is InChI=1S/C12H14ClN3O4S/c1-2-3-12-15-11(16-20-12)7-19-10-5-4-8(6-9(10)13)21(14,17)18/h4-6H,2-3,7H2,1H3,(H2,14,17,18). The van der Waals surface area contributed by atoms with Gasteiger partial charge in [0, 0.05) is 6.42 Å². The van der Waals surface area contributed by atoms with Crippen LogP contribution in [0.5, 0.6) is 5.75 Å². The Bertz CT molecular complexity index is 730. The summed E-state index contributed by atoms with van der Waals surface area (Å²) < 4.78 is 32.8. The zero-order chi connectivity index (χ0) is 15.5.